The molecular formula is C11H20ClNO. The zero-order chi connectivity index (χ0) is 10.6. The molecule has 0 atom stereocenters. The van der Waals surface area contributed by atoms with Crippen molar-refractivity contribution in [3.8, 4) is 0 Å². The van der Waals surface area contributed by atoms with Crippen molar-refractivity contribution in [1.29, 1.82) is 0 Å². The predicted molar refractivity (Wildman–Crippen MR) is 59.5 cm³/mol. The molecule has 0 radical (unpaired) electrons. The van der Waals surface area contributed by atoms with Gasteiger partial charge in [0.15, 0.2) is 0 Å². The summed E-state index contributed by atoms with van der Waals surface area (Å²) in [5.41, 5.74) is 0.274. The zero-order valence-electron chi connectivity index (χ0n) is 9.11. The summed E-state index contributed by atoms with van der Waals surface area (Å²) >= 11 is 5.52. The SMILES string of the molecule is CC(C)(CNC(=O)CCCCl)C1CC1. The second-order valence-electron chi connectivity index (χ2n) is 4.83. The highest BCUT2D eigenvalue weighted by Gasteiger charge is 2.37. The minimum Gasteiger partial charge on any atom is -0.356 e. The van der Waals surface area contributed by atoms with Crippen molar-refractivity contribution >= 4 is 17.5 Å². The van der Waals surface area contributed by atoms with E-state index < -0.39 is 0 Å². The van der Waals surface area contributed by atoms with E-state index in [1.807, 2.05) is 0 Å². The van der Waals surface area contributed by atoms with Crippen molar-refractivity contribution in [2.45, 2.75) is 39.5 Å². The van der Waals surface area contributed by atoms with E-state index in [-0.39, 0.29) is 11.3 Å². The van der Waals surface area contributed by atoms with Crippen LogP contribution in [0.1, 0.15) is 39.5 Å². The van der Waals surface area contributed by atoms with Crippen LogP contribution in [-0.2, 0) is 4.79 Å². The van der Waals surface area contributed by atoms with Crippen LogP contribution >= 0.6 is 11.6 Å². The van der Waals surface area contributed by atoms with Gasteiger partial charge in [-0.3, -0.25) is 4.79 Å². The lowest BCUT2D eigenvalue weighted by atomic mass is 9.87. The third-order valence-corrected chi connectivity index (χ3v) is 3.23. The standard InChI is InChI=1S/C11H20ClNO/c1-11(2,9-5-6-9)8-13-10(14)4-3-7-12/h9H,3-8H2,1-2H3,(H,13,14). The lowest BCUT2D eigenvalue weighted by Gasteiger charge is -2.24. The van der Waals surface area contributed by atoms with Gasteiger partial charge in [0.1, 0.15) is 0 Å². The normalized spacial score (nSPS) is 16.8. The molecule has 1 fully saturated rings. The molecule has 0 saturated heterocycles. The van der Waals surface area contributed by atoms with Gasteiger partial charge in [-0.05, 0) is 30.6 Å². The lowest BCUT2D eigenvalue weighted by Crippen LogP contribution is -2.35. The molecule has 0 spiro atoms. The van der Waals surface area contributed by atoms with Crippen LogP contribution in [0.25, 0.3) is 0 Å². The first kappa shape index (κ1) is 11.8. The summed E-state index contributed by atoms with van der Waals surface area (Å²) < 4.78 is 0. The van der Waals surface area contributed by atoms with Gasteiger partial charge in [-0.2, -0.15) is 0 Å². The minimum atomic E-state index is 0.138. The maximum Gasteiger partial charge on any atom is 0.220 e. The first-order chi connectivity index (χ1) is 6.56. The first-order valence-electron chi connectivity index (χ1n) is 5.39. The fourth-order valence-corrected chi connectivity index (χ4v) is 1.78. The Morgan fingerprint density at radius 1 is 1.50 bits per heavy atom. The predicted octanol–water partition coefficient (Wildman–Crippen LogP) is 2.56. The molecule has 2 nitrogen and oxygen atoms in total. The number of carbonyl (C=O) groups excluding carboxylic acids is 1. The molecule has 0 heterocycles. The van der Waals surface area contributed by atoms with Crippen LogP contribution in [0.4, 0.5) is 0 Å². The fourth-order valence-electron chi connectivity index (χ4n) is 1.65. The Balaban J connectivity index is 2.15. The second kappa shape index (κ2) is 5.01. The van der Waals surface area contributed by atoms with Crippen LogP contribution in [0.3, 0.4) is 0 Å². The quantitative estimate of drug-likeness (QED) is 0.681. The van der Waals surface area contributed by atoms with Crippen molar-refractivity contribution in [3.63, 3.8) is 0 Å². The van der Waals surface area contributed by atoms with E-state index in [1.54, 1.807) is 0 Å². The number of amides is 1. The molecule has 14 heavy (non-hydrogen) atoms. The number of rotatable bonds is 6. The van der Waals surface area contributed by atoms with Gasteiger partial charge in [0.2, 0.25) is 5.91 Å². The van der Waals surface area contributed by atoms with E-state index in [0.29, 0.717) is 12.3 Å². The third-order valence-electron chi connectivity index (χ3n) is 2.96. The molecular weight excluding hydrogens is 198 g/mol. The number of hydrogen-bond donors (Lipinski definition) is 1. The van der Waals surface area contributed by atoms with Gasteiger partial charge in [0.05, 0.1) is 0 Å². The highest BCUT2D eigenvalue weighted by atomic mass is 35.5. The summed E-state index contributed by atoms with van der Waals surface area (Å²) in [6.45, 7) is 5.26. The lowest BCUT2D eigenvalue weighted by molar-refractivity contribution is -0.121. The van der Waals surface area contributed by atoms with Gasteiger partial charge in [-0.15, -0.1) is 11.6 Å². The summed E-state index contributed by atoms with van der Waals surface area (Å²) in [7, 11) is 0. The van der Waals surface area contributed by atoms with Crippen LogP contribution in [0.2, 0.25) is 0 Å². The fraction of sp³-hybridized carbons (Fsp3) is 0.909. The molecule has 0 unspecified atom stereocenters. The molecule has 1 aliphatic carbocycles. The monoisotopic (exact) mass is 217 g/mol. The average molecular weight is 218 g/mol. The molecule has 1 N–H and O–H groups in total. The number of carbonyl (C=O) groups is 1. The smallest absolute Gasteiger partial charge is 0.220 e. The molecule has 1 rings (SSSR count). The minimum absolute atomic E-state index is 0.138. The average Bonchev–Trinajstić information content (AvgIpc) is 2.94. The Morgan fingerprint density at radius 3 is 2.64 bits per heavy atom. The Labute approximate surface area is 91.4 Å². The number of hydrogen-bond acceptors (Lipinski definition) is 1. The number of nitrogens with one attached hydrogen (secondary N) is 1. The summed E-state index contributed by atoms with van der Waals surface area (Å²) in [6.07, 6.45) is 3.98. The van der Waals surface area contributed by atoms with Crippen molar-refractivity contribution in [2.24, 2.45) is 11.3 Å². The van der Waals surface area contributed by atoms with E-state index in [4.69, 9.17) is 11.6 Å². The van der Waals surface area contributed by atoms with Gasteiger partial charge in [-0.25, -0.2) is 0 Å². The van der Waals surface area contributed by atoms with Gasteiger partial charge in [-0.1, -0.05) is 13.8 Å². The zero-order valence-corrected chi connectivity index (χ0v) is 9.86. The third kappa shape index (κ3) is 3.87. The Hall–Kier alpha value is -0.240. The van der Waals surface area contributed by atoms with Gasteiger partial charge >= 0.3 is 0 Å². The van der Waals surface area contributed by atoms with E-state index in [2.05, 4.69) is 19.2 Å². The van der Waals surface area contributed by atoms with Crippen molar-refractivity contribution in [3.05, 3.63) is 0 Å². The van der Waals surface area contributed by atoms with Gasteiger partial charge in [0.25, 0.3) is 0 Å². The summed E-state index contributed by atoms with van der Waals surface area (Å²) in [5, 5.41) is 2.98. The number of halogens is 1. The van der Waals surface area contributed by atoms with Crippen LogP contribution in [-0.4, -0.2) is 18.3 Å². The van der Waals surface area contributed by atoms with Gasteiger partial charge in [0, 0.05) is 18.8 Å². The first-order valence-corrected chi connectivity index (χ1v) is 5.92. The maximum atomic E-state index is 11.3. The number of alkyl halides is 1. The molecule has 3 heteroatoms. The van der Waals surface area contributed by atoms with E-state index in [0.717, 1.165) is 18.9 Å². The van der Waals surface area contributed by atoms with Crippen molar-refractivity contribution in [2.75, 3.05) is 12.4 Å². The molecule has 1 aliphatic rings. The molecule has 0 bridgehead atoms. The second-order valence-corrected chi connectivity index (χ2v) is 5.21. The van der Waals surface area contributed by atoms with Crippen LogP contribution in [0, 0.1) is 11.3 Å². The molecule has 0 aromatic rings. The molecule has 1 saturated carbocycles. The summed E-state index contributed by atoms with van der Waals surface area (Å²) in [5.74, 6) is 1.52. The van der Waals surface area contributed by atoms with Crippen LogP contribution in [0.15, 0.2) is 0 Å². The van der Waals surface area contributed by atoms with Crippen LogP contribution in [0.5, 0.6) is 0 Å². The van der Waals surface area contributed by atoms with Crippen molar-refractivity contribution in [1.82, 2.24) is 5.32 Å². The van der Waals surface area contributed by atoms with Gasteiger partial charge < -0.3 is 5.32 Å². The Bertz CT molecular complexity index is 199. The van der Waals surface area contributed by atoms with Crippen molar-refractivity contribution < 1.29 is 4.79 Å². The van der Waals surface area contributed by atoms with E-state index in [9.17, 15) is 4.79 Å². The topological polar surface area (TPSA) is 29.1 Å². The summed E-state index contributed by atoms with van der Waals surface area (Å²) in [6, 6.07) is 0. The largest absolute Gasteiger partial charge is 0.356 e. The highest BCUT2D eigenvalue weighted by Crippen LogP contribution is 2.44. The highest BCUT2D eigenvalue weighted by molar-refractivity contribution is 6.17. The van der Waals surface area contributed by atoms with E-state index in [1.165, 1.54) is 12.8 Å². The maximum absolute atomic E-state index is 11.3. The molecule has 82 valence electrons. The Morgan fingerprint density at radius 2 is 2.14 bits per heavy atom. The van der Waals surface area contributed by atoms with E-state index >= 15 is 0 Å². The molecule has 1 amide bonds. The summed E-state index contributed by atoms with van der Waals surface area (Å²) in [4.78, 5) is 11.3. The molecule has 0 aromatic heterocycles. The Kier molecular flexibility index (Phi) is 4.24. The molecule has 0 aromatic carbocycles. The van der Waals surface area contributed by atoms with Crippen LogP contribution < -0.4 is 5.32 Å². The molecule has 0 aliphatic heterocycles.